The summed E-state index contributed by atoms with van der Waals surface area (Å²) in [6.45, 7) is 4.52. The van der Waals surface area contributed by atoms with Crippen molar-refractivity contribution in [1.29, 1.82) is 0 Å². The summed E-state index contributed by atoms with van der Waals surface area (Å²) in [5.41, 5.74) is 7.58. The first-order chi connectivity index (χ1) is 7.76. The molecule has 1 aromatic rings. The molecule has 16 heavy (non-hydrogen) atoms. The van der Waals surface area contributed by atoms with Crippen LogP contribution in [-0.4, -0.2) is 6.04 Å². The van der Waals surface area contributed by atoms with E-state index < -0.39 is 0 Å². The molecule has 0 amide bonds. The van der Waals surface area contributed by atoms with E-state index in [1.807, 2.05) is 0 Å². The lowest BCUT2D eigenvalue weighted by molar-refractivity contribution is 0.397. The van der Waals surface area contributed by atoms with Crippen molar-refractivity contribution in [2.75, 3.05) is 0 Å². The van der Waals surface area contributed by atoms with E-state index in [4.69, 9.17) is 5.73 Å². The molecule has 0 heterocycles. The lowest BCUT2D eigenvalue weighted by Crippen LogP contribution is -2.24. The summed E-state index contributed by atoms with van der Waals surface area (Å²) in [7, 11) is 0. The van der Waals surface area contributed by atoms with Gasteiger partial charge in [-0.05, 0) is 30.7 Å². The molecule has 1 nitrogen and oxygen atoms in total. The van der Waals surface area contributed by atoms with E-state index in [0.29, 0.717) is 6.04 Å². The first kappa shape index (κ1) is 13.2. The molecular weight excluding hydrogens is 194 g/mol. The van der Waals surface area contributed by atoms with E-state index in [2.05, 4.69) is 44.2 Å². The summed E-state index contributed by atoms with van der Waals surface area (Å²) in [5.74, 6) is 0.811. The Hall–Kier alpha value is -0.820. The molecule has 0 aromatic heterocycles. The van der Waals surface area contributed by atoms with Gasteiger partial charge in [0.1, 0.15) is 0 Å². The molecule has 1 heteroatoms. The van der Waals surface area contributed by atoms with Gasteiger partial charge in [-0.3, -0.25) is 0 Å². The number of hydrogen-bond acceptors (Lipinski definition) is 1. The van der Waals surface area contributed by atoms with Gasteiger partial charge in [0.2, 0.25) is 0 Å². The summed E-state index contributed by atoms with van der Waals surface area (Å²) >= 11 is 0. The lowest BCUT2D eigenvalue weighted by atomic mass is 9.92. The molecule has 0 bridgehead atoms. The van der Waals surface area contributed by atoms with Crippen molar-refractivity contribution in [2.45, 2.75) is 52.0 Å². The van der Waals surface area contributed by atoms with Gasteiger partial charge in [0.05, 0.1) is 0 Å². The molecule has 0 spiro atoms. The third-order valence-electron chi connectivity index (χ3n) is 3.44. The molecule has 0 saturated heterocycles. The Morgan fingerprint density at radius 3 is 2.25 bits per heavy atom. The van der Waals surface area contributed by atoms with Crippen LogP contribution in [0, 0.1) is 5.92 Å². The highest BCUT2D eigenvalue weighted by molar-refractivity contribution is 5.14. The predicted octanol–water partition coefficient (Wildman–Crippen LogP) is 3.77. The Balaban J connectivity index is 2.27. The van der Waals surface area contributed by atoms with Gasteiger partial charge in [0.15, 0.2) is 0 Å². The fourth-order valence-corrected chi connectivity index (χ4v) is 2.16. The Labute approximate surface area is 100 Å². The van der Waals surface area contributed by atoms with Gasteiger partial charge >= 0.3 is 0 Å². The van der Waals surface area contributed by atoms with Crippen molar-refractivity contribution in [3.8, 4) is 0 Å². The maximum atomic E-state index is 6.17. The second kappa shape index (κ2) is 7.45. The number of nitrogens with two attached hydrogens (primary N) is 1. The lowest BCUT2D eigenvalue weighted by Gasteiger charge is -2.18. The van der Waals surface area contributed by atoms with Crippen molar-refractivity contribution in [3.63, 3.8) is 0 Å². The highest BCUT2D eigenvalue weighted by Gasteiger charge is 2.09. The van der Waals surface area contributed by atoms with Gasteiger partial charge in [-0.15, -0.1) is 0 Å². The van der Waals surface area contributed by atoms with E-state index in [-0.39, 0.29) is 0 Å². The number of hydrogen-bond donors (Lipinski definition) is 1. The molecule has 1 unspecified atom stereocenters. The molecule has 1 atom stereocenters. The second-order valence-electron chi connectivity index (χ2n) is 4.70. The average molecular weight is 219 g/mol. The largest absolute Gasteiger partial charge is 0.328 e. The fourth-order valence-electron chi connectivity index (χ4n) is 2.16. The second-order valence-corrected chi connectivity index (χ2v) is 4.70. The van der Waals surface area contributed by atoms with E-state index in [1.54, 1.807) is 0 Å². The monoisotopic (exact) mass is 219 g/mol. The van der Waals surface area contributed by atoms with Gasteiger partial charge in [0, 0.05) is 6.04 Å². The van der Waals surface area contributed by atoms with Crippen LogP contribution < -0.4 is 5.73 Å². The van der Waals surface area contributed by atoms with Crippen molar-refractivity contribution in [3.05, 3.63) is 35.9 Å². The van der Waals surface area contributed by atoms with Crippen LogP contribution in [0.3, 0.4) is 0 Å². The smallest absolute Gasteiger partial charge is 0.00446 e. The van der Waals surface area contributed by atoms with Crippen LogP contribution in [-0.2, 0) is 6.42 Å². The third-order valence-corrected chi connectivity index (χ3v) is 3.44. The molecule has 0 aliphatic heterocycles. The van der Waals surface area contributed by atoms with E-state index in [0.717, 1.165) is 18.8 Å². The minimum Gasteiger partial charge on any atom is -0.328 e. The topological polar surface area (TPSA) is 26.0 Å². The highest BCUT2D eigenvalue weighted by Crippen LogP contribution is 2.16. The quantitative estimate of drug-likeness (QED) is 0.742. The molecular formula is C15H25N. The zero-order valence-corrected chi connectivity index (χ0v) is 10.7. The van der Waals surface area contributed by atoms with Crippen LogP contribution in [0.2, 0.25) is 0 Å². The minimum absolute atomic E-state index is 0.366. The maximum absolute atomic E-state index is 6.17. The summed E-state index contributed by atoms with van der Waals surface area (Å²) < 4.78 is 0. The summed E-state index contributed by atoms with van der Waals surface area (Å²) in [6, 6.07) is 11.0. The Morgan fingerprint density at radius 2 is 1.69 bits per heavy atom. The fraction of sp³-hybridized carbons (Fsp3) is 0.600. The van der Waals surface area contributed by atoms with Crippen molar-refractivity contribution >= 4 is 0 Å². The molecule has 1 rings (SSSR count). The van der Waals surface area contributed by atoms with Crippen LogP contribution in [0.4, 0.5) is 0 Å². The molecule has 0 aliphatic carbocycles. The van der Waals surface area contributed by atoms with Gasteiger partial charge in [0.25, 0.3) is 0 Å². The van der Waals surface area contributed by atoms with Crippen molar-refractivity contribution in [2.24, 2.45) is 11.7 Å². The third kappa shape index (κ3) is 4.80. The van der Waals surface area contributed by atoms with Gasteiger partial charge in [-0.25, -0.2) is 0 Å². The Kier molecular flexibility index (Phi) is 6.17. The Bertz CT molecular complexity index is 264. The molecule has 2 N–H and O–H groups in total. The number of aryl methyl sites for hydroxylation is 1. The molecule has 1 aromatic carbocycles. The standard InChI is InChI=1S/C15H25N/c1-3-13(4-2)12-15(16)11-10-14-8-6-5-7-9-14/h5-9,13,15H,3-4,10-12,16H2,1-2H3. The maximum Gasteiger partial charge on any atom is 0.00446 e. The van der Waals surface area contributed by atoms with Crippen LogP contribution in [0.25, 0.3) is 0 Å². The average Bonchev–Trinajstić information content (AvgIpc) is 2.34. The molecule has 90 valence electrons. The van der Waals surface area contributed by atoms with Gasteiger partial charge in [-0.2, -0.15) is 0 Å². The predicted molar refractivity (Wildman–Crippen MR) is 71.4 cm³/mol. The Morgan fingerprint density at radius 1 is 1.06 bits per heavy atom. The van der Waals surface area contributed by atoms with Crippen LogP contribution >= 0.6 is 0 Å². The number of benzene rings is 1. The first-order valence-electron chi connectivity index (χ1n) is 6.55. The minimum atomic E-state index is 0.366. The molecule has 0 aliphatic rings. The molecule has 0 saturated carbocycles. The summed E-state index contributed by atoms with van der Waals surface area (Å²) in [5, 5.41) is 0. The van der Waals surface area contributed by atoms with E-state index in [9.17, 15) is 0 Å². The van der Waals surface area contributed by atoms with Crippen LogP contribution in [0.5, 0.6) is 0 Å². The van der Waals surface area contributed by atoms with Gasteiger partial charge < -0.3 is 5.73 Å². The normalized spacial score (nSPS) is 13.0. The summed E-state index contributed by atoms with van der Waals surface area (Å²) in [6.07, 6.45) is 5.92. The van der Waals surface area contributed by atoms with Crippen molar-refractivity contribution in [1.82, 2.24) is 0 Å². The molecule has 0 fully saturated rings. The SMILES string of the molecule is CCC(CC)CC(N)CCc1ccccc1. The van der Waals surface area contributed by atoms with Crippen molar-refractivity contribution < 1.29 is 0 Å². The number of rotatable bonds is 7. The van der Waals surface area contributed by atoms with E-state index >= 15 is 0 Å². The van der Waals surface area contributed by atoms with Crippen LogP contribution in [0.15, 0.2) is 30.3 Å². The first-order valence-corrected chi connectivity index (χ1v) is 6.55. The summed E-state index contributed by atoms with van der Waals surface area (Å²) in [4.78, 5) is 0. The molecule has 0 radical (unpaired) electrons. The van der Waals surface area contributed by atoms with Gasteiger partial charge in [-0.1, -0.05) is 57.0 Å². The van der Waals surface area contributed by atoms with E-state index in [1.165, 1.54) is 24.8 Å². The zero-order chi connectivity index (χ0) is 11.8. The highest BCUT2D eigenvalue weighted by atomic mass is 14.6. The zero-order valence-electron chi connectivity index (χ0n) is 10.7. The van der Waals surface area contributed by atoms with Crippen LogP contribution in [0.1, 0.15) is 45.1 Å².